The number of aromatic nitrogens is 2. The summed E-state index contributed by atoms with van der Waals surface area (Å²) in [7, 11) is 0. The van der Waals surface area contributed by atoms with E-state index in [4.69, 9.17) is 0 Å². The van der Waals surface area contributed by atoms with Crippen molar-refractivity contribution in [2.24, 2.45) is 0 Å². The Hall–Kier alpha value is -2.67. The average molecular weight is 371 g/mol. The van der Waals surface area contributed by atoms with Gasteiger partial charge in [0.1, 0.15) is 11.2 Å². The van der Waals surface area contributed by atoms with E-state index >= 15 is 0 Å². The van der Waals surface area contributed by atoms with Crippen molar-refractivity contribution >= 4 is 33.1 Å². The van der Waals surface area contributed by atoms with E-state index in [0.29, 0.717) is 29.7 Å². The summed E-state index contributed by atoms with van der Waals surface area (Å²) < 4.78 is 3.15. The molecule has 0 bridgehead atoms. The zero-order chi connectivity index (χ0) is 18.7. The van der Waals surface area contributed by atoms with Crippen LogP contribution in [0.1, 0.15) is 20.3 Å². The molecule has 0 saturated carbocycles. The summed E-state index contributed by atoms with van der Waals surface area (Å²) in [5.74, 6) is -0.185. The maximum absolute atomic E-state index is 12.9. The van der Waals surface area contributed by atoms with Gasteiger partial charge in [-0.05, 0) is 36.9 Å². The molecule has 0 atom stereocenters. The summed E-state index contributed by atoms with van der Waals surface area (Å²) in [6, 6.07) is 11.1. The van der Waals surface area contributed by atoms with Crippen LogP contribution in [-0.4, -0.2) is 21.6 Å². The summed E-state index contributed by atoms with van der Waals surface area (Å²) in [6.07, 6.45) is 0.672. The lowest BCUT2D eigenvalue weighted by atomic mass is 10.3. The Kier molecular flexibility index (Phi) is 5.37. The monoisotopic (exact) mass is 371 g/mol. The Morgan fingerprint density at radius 3 is 2.46 bits per heavy atom. The highest BCUT2D eigenvalue weighted by molar-refractivity contribution is 7.17. The molecule has 0 saturated heterocycles. The second-order valence-electron chi connectivity index (χ2n) is 5.93. The lowest BCUT2D eigenvalue weighted by Gasteiger charge is -2.22. The Balaban J connectivity index is 2.05. The number of thiophene rings is 1. The number of carbonyl (C=O) groups excluding carboxylic acids is 1. The lowest BCUT2D eigenvalue weighted by molar-refractivity contribution is -0.119. The van der Waals surface area contributed by atoms with Crippen LogP contribution in [0.25, 0.3) is 10.2 Å². The minimum atomic E-state index is -0.430. The van der Waals surface area contributed by atoms with Crippen molar-refractivity contribution in [3.63, 3.8) is 0 Å². The number of anilines is 1. The van der Waals surface area contributed by atoms with Crippen molar-refractivity contribution in [3.8, 4) is 0 Å². The molecule has 0 aliphatic rings. The van der Waals surface area contributed by atoms with Gasteiger partial charge < -0.3 is 4.90 Å². The fraction of sp³-hybridized carbons (Fsp3) is 0.316. The van der Waals surface area contributed by atoms with Crippen LogP contribution < -0.4 is 16.1 Å². The first kappa shape index (κ1) is 18.1. The molecule has 7 heteroatoms. The summed E-state index contributed by atoms with van der Waals surface area (Å²) in [4.78, 5) is 39.9. The second kappa shape index (κ2) is 7.70. The average Bonchev–Trinajstić information content (AvgIpc) is 3.14. The van der Waals surface area contributed by atoms with Gasteiger partial charge in [-0.1, -0.05) is 25.1 Å². The van der Waals surface area contributed by atoms with Gasteiger partial charge in [0.25, 0.3) is 5.56 Å². The molecule has 2 aromatic heterocycles. The Morgan fingerprint density at radius 2 is 1.81 bits per heavy atom. The molecule has 2 heterocycles. The first-order chi connectivity index (χ1) is 12.6. The molecule has 0 aliphatic heterocycles. The van der Waals surface area contributed by atoms with Crippen LogP contribution in [0.2, 0.25) is 0 Å². The van der Waals surface area contributed by atoms with E-state index in [1.807, 2.05) is 44.2 Å². The zero-order valence-electron chi connectivity index (χ0n) is 14.8. The van der Waals surface area contributed by atoms with Crippen LogP contribution in [0.4, 0.5) is 5.69 Å². The van der Waals surface area contributed by atoms with Crippen LogP contribution in [-0.2, 0) is 17.9 Å². The van der Waals surface area contributed by atoms with Gasteiger partial charge in [0.05, 0.1) is 5.52 Å². The summed E-state index contributed by atoms with van der Waals surface area (Å²) >= 11 is 1.30. The largest absolute Gasteiger partial charge is 0.332 e. The maximum atomic E-state index is 12.9. The van der Waals surface area contributed by atoms with Gasteiger partial charge in [-0.15, -0.1) is 11.3 Å². The van der Waals surface area contributed by atoms with Crippen LogP contribution in [0.5, 0.6) is 0 Å². The first-order valence-corrected chi connectivity index (χ1v) is 9.52. The topological polar surface area (TPSA) is 64.3 Å². The molecule has 0 N–H and O–H groups in total. The van der Waals surface area contributed by atoms with Crippen molar-refractivity contribution < 1.29 is 4.79 Å². The van der Waals surface area contributed by atoms with Crippen molar-refractivity contribution in [1.29, 1.82) is 0 Å². The number of fused-ring (bicyclic) bond motifs is 1. The quantitative estimate of drug-likeness (QED) is 0.669. The molecule has 3 rings (SSSR count). The third-order valence-electron chi connectivity index (χ3n) is 4.26. The molecular weight excluding hydrogens is 350 g/mol. The number of hydrogen-bond acceptors (Lipinski definition) is 4. The van der Waals surface area contributed by atoms with Crippen LogP contribution in [0.3, 0.4) is 0 Å². The third-order valence-corrected chi connectivity index (χ3v) is 5.15. The zero-order valence-corrected chi connectivity index (χ0v) is 15.7. The highest BCUT2D eigenvalue weighted by Crippen LogP contribution is 2.17. The van der Waals surface area contributed by atoms with Crippen molar-refractivity contribution in [2.45, 2.75) is 33.4 Å². The molecule has 136 valence electrons. The van der Waals surface area contributed by atoms with Gasteiger partial charge in [-0.25, -0.2) is 4.79 Å². The second-order valence-corrected chi connectivity index (χ2v) is 6.85. The number of para-hydroxylation sites is 1. The molecule has 0 radical (unpaired) electrons. The van der Waals surface area contributed by atoms with Gasteiger partial charge in [0.15, 0.2) is 0 Å². The fourth-order valence-corrected chi connectivity index (χ4v) is 3.88. The van der Waals surface area contributed by atoms with E-state index < -0.39 is 5.69 Å². The summed E-state index contributed by atoms with van der Waals surface area (Å²) in [5.41, 5.74) is 0.604. The van der Waals surface area contributed by atoms with E-state index in [1.54, 1.807) is 16.3 Å². The van der Waals surface area contributed by atoms with Gasteiger partial charge in [0.2, 0.25) is 5.91 Å². The van der Waals surface area contributed by atoms with E-state index in [9.17, 15) is 14.4 Å². The van der Waals surface area contributed by atoms with Crippen molar-refractivity contribution in [1.82, 2.24) is 9.13 Å². The smallest absolute Gasteiger partial charge is 0.311 e. The molecule has 1 amide bonds. The standard InChI is InChI=1S/C19H21N3O3S/c1-3-11-21-18(24)17-15(10-12-26-17)22(19(21)25)13-16(23)20(4-2)14-8-6-5-7-9-14/h5-10,12H,3-4,11,13H2,1-2H3. The first-order valence-electron chi connectivity index (χ1n) is 8.64. The maximum Gasteiger partial charge on any atom is 0.332 e. The van der Waals surface area contributed by atoms with Gasteiger partial charge >= 0.3 is 5.69 Å². The summed E-state index contributed by atoms with van der Waals surface area (Å²) in [5, 5.41) is 1.78. The van der Waals surface area contributed by atoms with Crippen LogP contribution in [0, 0.1) is 0 Å². The van der Waals surface area contributed by atoms with Crippen LogP contribution >= 0.6 is 11.3 Å². The van der Waals surface area contributed by atoms with E-state index in [1.165, 1.54) is 20.5 Å². The molecule has 26 heavy (non-hydrogen) atoms. The number of nitrogens with zero attached hydrogens (tertiary/aromatic N) is 3. The Morgan fingerprint density at radius 1 is 1.08 bits per heavy atom. The molecule has 3 aromatic rings. The molecule has 6 nitrogen and oxygen atoms in total. The van der Waals surface area contributed by atoms with Gasteiger partial charge in [0, 0.05) is 18.8 Å². The lowest BCUT2D eigenvalue weighted by Crippen LogP contribution is -2.43. The molecule has 0 fully saturated rings. The minimum absolute atomic E-state index is 0.0984. The van der Waals surface area contributed by atoms with Gasteiger partial charge in [-0.3, -0.25) is 18.7 Å². The van der Waals surface area contributed by atoms with E-state index in [-0.39, 0.29) is 18.0 Å². The molecule has 1 aromatic carbocycles. The number of carbonyl (C=O) groups is 1. The van der Waals surface area contributed by atoms with Crippen molar-refractivity contribution in [2.75, 3.05) is 11.4 Å². The predicted molar refractivity (Wildman–Crippen MR) is 105 cm³/mol. The third kappa shape index (κ3) is 3.22. The fourth-order valence-electron chi connectivity index (χ4n) is 3.04. The highest BCUT2D eigenvalue weighted by atomic mass is 32.1. The normalized spacial score (nSPS) is 11.0. The van der Waals surface area contributed by atoms with Gasteiger partial charge in [-0.2, -0.15) is 0 Å². The number of amides is 1. The molecule has 0 aliphatic carbocycles. The molecular formula is C19H21N3O3S. The van der Waals surface area contributed by atoms with E-state index in [0.717, 1.165) is 5.69 Å². The highest BCUT2D eigenvalue weighted by Gasteiger charge is 2.19. The Bertz CT molecular complexity index is 1030. The van der Waals surface area contributed by atoms with Crippen molar-refractivity contribution in [3.05, 3.63) is 62.6 Å². The molecule has 0 spiro atoms. The summed E-state index contributed by atoms with van der Waals surface area (Å²) in [6.45, 7) is 4.55. The van der Waals surface area contributed by atoms with Crippen LogP contribution in [0.15, 0.2) is 51.4 Å². The molecule has 0 unspecified atom stereocenters. The number of benzene rings is 1. The number of likely N-dealkylation sites (N-methyl/N-ethyl adjacent to an activating group) is 1. The van der Waals surface area contributed by atoms with E-state index in [2.05, 4.69) is 0 Å². The minimum Gasteiger partial charge on any atom is -0.311 e. The SMILES string of the molecule is CCCn1c(=O)c2sccc2n(CC(=O)N(CC)c2ccccc2)c1=O. The Labute approximate surface area is 154 Å². The number of rotatable bonds is 6. The number of hydrogen-bond donors (Lipinski definition) is 0. The predicted octanol–water partition coefficient (Wildman–Crippen LogP) is 2.69.